The van der Waals surface area contributed by atoms with Crippen molar-refractivity contribution in [3.8, 4) is 11.5 Å². The van der Waals surface area contributed by atoms with Crippen LogP contribution < -0.4 is 5.73 Å². The quantitative estimate of drug-likeness (QED) is 0.532. The average molecular weight is 215 g/mol. The summed E-state index contributed by atoms with van der Waals surface area (Å²) in [5.74, 6) is -0.336. The third-order valence-electron chi connectivity index (χ3n) is 2.63. The van der Waals surface area contributed by atoms with Gasteiger partial charge in [0.15, 0.2) is 11.5 Å². The first kappa shape index (κ1) is 10.5. The Morgan fingerprint density at radius 3 is 2.62 bits per heavy atom. The van der Waals surface area contributed by atoms with Gasteiger partial charge in [-0.3, -0.25) is 0 Å². The molecule has 1 atom stereocenters. The van der Waals surface area contributed by atoms with Crippen LogP contribution in [0.1, 0.15) is 11.6 Å². The van der Waals surface area contributed by atoms with E-state index < -0.39 is 6.04 Å². The average Bonchev–Trinajstić information content (AvgIpc) is 2.30. The molecule has 2 aromatic carbocycles. The molecule has 4 N–H and O–H groups in total. The van der Waals surface area contributed by atoms with Crippen molar-refractivity contribution in [2.45, 2.75) is 6.04 Å². The molecule has 82 valence electrons. The Hall–Kier alpha value is -2.00. The van der Waals surface area contributed by atoms with Crippen LogP contribution in [0.5, 0.6) is 11.5 Å². The Morgan fingerprint density at radius 2 is 1.94 bits per heavy atom. The lowest BCUT2D eigenvalue weighted by molar-refractivity contribution is 0.399. The third-order valence-corrected chi connectivity index (χ3v) is 2.63. The number of benzene rings is 2. The van der Waals surface area contributed by atoms with E-state index in [-0.39, 0.29) is 11.5 Å². The molecule has 3 heteroatoms. The molecule has 0 heterocycles. The zero-order chi connectivity index (χ0) is 11.7. The van der Waals surface area contributed by atoms with Gasteiger partial charge < -0.3 is 15.9 Å². The van der Waals surface area contributed by atoms with Crippen LogP contribution in [0, 0.1) is 0 Å². The van der Waals surface area contributed by atoms with Crippen LogP contribution >= 0.6 is 0 Å². The maximum Gasteiger partial charge on any atom is 0.163 e. The Balaban J connectivity index is 2.86. The molecular weight excluding hydrogens is 202 g/mol. The molecule has 3 nitrogen and oxygen atoms in total. The zero-order valence-electron chi connectivity index (χ0n) is 8.72. The standard InChI is InChI=1S/C13H13NO2/c1-2-10(14)12-9-6-4-3-5-8(9)7-11(15)13(12)16/h2-7,10,15-16H,1,14H2. The maximum atomic E-state index is 9.82. The minimum Gasteiger partial charge on any atom is -0.504 e. The fraction of sp³-hybridized carbons (Fsp3) is 0.0769. The van der Waals surface area contributed by atoms with Gasteiger partial charge in [-0.2, -0.15) is 0 Å². The number of phenols is 2. The highest BCUT2D eigenvalue weighted by Gasteiger charge is 2.15. The molecule has 0 spiro atoms. The molecule has 0 aliphatic heterocycles. The van der Waals surface area contributed by atoms with Crippen molar-refractivity contribution in [2.24, 2.45) is 5.73 Å². The van der Waals surface area contributed by atoms with Gasteiger partial charge in [0.05, 0.1) is 6.04 Å². The van der Waals surface area contributed by atoms with Crippen molar-refractivity contribution in [3.63, 3.8) is 0 Å². The lowest BCUT2D eigenvalue weighted by Gasteiger charge is -2.14. The van der Waals surface area contributed by atoms with Gasteiger partial charge in [-0.05, 0) is 16.8 Å². The minimum atomic E-state index is -0.503. The van der Waals surface area contributed by atoms with Crippen molar-refractivity contribution >= 4 is 10.8 Å². The summed E-state index contributed by atoms with van der Waals surface area (Å²) in [5, 5.41) is 21.1. The Morgan fingerprint density at radius 1 is 1.25 bits per heavy atom. The van der Waals surface area contributed by atoms with Crippen LogP contribution in [0.3, 0.4) is 0 Å². The number of fused-ring (bicyclic) bond motifs is 1. The summed E-state index contributed by atoms with van der Waals surface area (Å²) in [5.41, 5.74) is 6.35. The SMILES string of the molecule is C=CC(N)c1c(O)c(O)cc2ccccc12. The van der Waals surface area contributed by atoms with Crippen molar-refractivity contribution in [1.82, 2.24) is 0 Å². The molecule has 0 saturated carbocycles. The van der Waals surface area contributed by atoms with E-state index in [0.717, 1.165) is 10.8 Å². The molecule has 1 unspecified atom stereocenters. The summed E-state index contributed by atoms with van der Waals surface area (Å²) in [6.07, 6.45) is 1.53. The van der Waals surface area contributed by atoms with Crippen LogP contribution in [0.2, 0.25) is 0 Å². The second kappa shape index (κ2) is 3.87. The minimum absolute atomic E-state index is 0.161. The van der Waals surface area contributed by atoms with E-state index in [1.54, 1.807) is 0 Å². The molecular formula is C13H13NO2. The smallest absolute Gasteiger partial charge is 0.163 e. The van der Waals surface area contributed by atoms with Gasteiger partial charge in [0.1, 0.15) is 0 Å². The van der Waals surface area contributed by atoms with Crippen LogP contribution in [0.4, 0.5) is 0 Å². The topological polar surface area (TPSA) is 66.5 Å². The van der Waals surface area contributed by atoms with E-state index in [2.05, 4.69) is 6.58 Å². The Labute approximate surface area is 93.4 Å². The molecule has 0 fully saturated rings. The molecule has 0 radical (unpaired) electrons. The normalized spacial score (nSPS) is 12.6. The fourth-order valence-corrected chi connectivity index (χ4v) is 1.80. The molecule has 2 rings (SSSR count). The number of rotatable bonds is 2. The third kappa shape index (κ3) is 1.51. The Bertz CT molecular complexity index is 549. The van der Waals surface area contributed by atoms with E-state index in [9.17, 15) is 10.2 Å². The van der Waals surface area contributed by atoms with Gasteiger partial charge in [0, 0.05) is 5.56 Å². The highest BCUT2D eigenvalue weighted by atomic mass is 16.3. The molecule has 16 heavy (non-hydrogen) atoms. The van der Waals surface area contributed by atoms with Gasteiger partial charge in [0.2, 0.25) is 0 Å². The summed E-state index contributed by atoms with van der Waals surface area (Å²) in [4.78, 5) is 0. The number of hydrogen-bond donors (Lipinski definition) is 3. The first-order valence-corrected chi connectivity index (χ1v) is 4.97. The van der Waals surface area contributed by atoms with E-state index in [4.69, 9.17) is 5.73 Å². The maximum absolute atomic E-state index is 9.82. The first-order chi connectivity index (χ1) is 7.65. The molecule has 0 aliphatic rings. The van der Waals surface area contributed by atoms with E-state index in [1.165, 1.54) is 12.1 Å². The van der Waals surface area contributed by atoms with Crippen LogP contribution in [-0.4, -0.2) is 10.2 Å². The van der Waals surface area contributed by atoms with Crippen molar-refractivity contribution < 1.29 is 10.2 Å². The second-order valence-corrected chi connectivity index (χ2v) is 3.64. The predicted octanol–water partition coefficient (Wildman–Crippen LogP) is 2.44. The number of nitrogens with two attached hydrogens (primary N) is 1. The Kier molecular flexibility index (Phi) is 2.54. The highest BCUT2D eigenvalue weighted by molar-refractivity contribution is 5.90. The van der Waals surface area contributed by atoms with Crippen LogP contribution in [0.25, 0.3) is 10.8 Å². The van der Waals surface area contributed by atoms with Gasteiger partial charge in [0.25, 0.3) is 0 Å². The lowest BCUT2D eigenvalue weighted by atomic mass is 9.97. The van der Waals surface area contributed by atoms with Crippen molar-refractivity contribution in [1.29, 1.82) is 0 Å². The molecule has 0 saturated heterocycles. The summed E-state index contributed by atoms with van der Waals surface area (Å²) < 4.78 is 0. The van der Waals surface area contributed by atoms with Crippen molar-refractivity contribution in [3.05, 3.63) is 48.6 Å². The largest absolute Gasteiger partial charge is 0.504 e. The molecule has 0 bridgehead atoms. The lowest BCUT2D eigenvalue weighted by Crippen LogP contribution is -2.07. The summed E-state index contributed by atoms with van der Waals surface area (Å²) in [7, 11) is 0. The van der Waals surface area contributed by atoms with Gasteiger partial charge in [-0.1, -0.05) is 30.3 Å². The van der Waals surface area contributed by atoms with Gasteiger partial charge in [-0.15, -0.1) is 6.58 Å². The fourth-order valence-electron chi connectivity index (χ4n) is 1.80. The molecule has 0 aliphatic carbocycles. The number of aromatic hydroxyl groups is 2. The highest BCUT2D eigenvalue weighted by Crippen LogP contribution is 2.38. The second-order valence-electron chi connectivity index (χ2n) is 3.64. The zero-order valence-corrected chi connectivity index (χ0v) is 8.72. The van der Waals surface area contributed by atoms with E-state index >= 15 is 0 Å². The summed E-state index contributed by atoms with van der Waals surface area (Å²) in [6, 6.07) is 8.45. The van der Waals surface area contributed by atoms with Gasteiger partial charge >= 0.3 is 0 Å². The monoisotopic (exact) mass is 215 g/mol. The van der Waals surface area contributed by atoms with Crippen molar-refractivity contribution in [2.75, 3.05) is 0 Å². The summed E-state index contributed by atoms with van der Waals surface area (Å²) >= 11 is 0. The molecule has 2 aromatic rings. The summed E-state index contributed by atoms with van der Waals surface area (Å²) in [6.45, 7) is 3.60. The molecule has 0 amide bonds. The van der Waals surface area contributed by atoms with Crippen LogP contribution in [0.15, 0.2) is 43.0 Å². The van der Waals surface area contributed by atoms with Crippen LogP contribution in [-0.2, 0) is 0 Å². The molecule has 0 aromatic heterocycles. The first-order valence-electron chi connectivity index (χ1n) is 4.97. The van der Waals surface area contributed by atoms with E-state index in [1.807, 2.05) is 24.3 Å². The predicted molar refractivity (Wildman–Crippen MR) is 64.4 cm³/mol. The number of phenolic OH excluding ortho intramolecular Hbond substituents is 2. The van der Waals surface area contributed by atoms with E-state index in [0.29, 0.717) is 5.56 Å². The van der Waals surface area contributed by atoms with Gasteiger partial charge in [-0.25, -0.2) is 0 Å². The number of hydrogen-bond acceptors (Lipinski definition) is 3.